The van der Waals surface area contributed by atoms with E-state index in [1.807, 2.05) is 0 Å². The molecule has 0 saturated heterocycles. The number of halogens is 3. The van der Waals surface area contributed by atoms with Crippen LogP contribution in [0.15, 0.2) is 30.3 Å². The monoisotopic (exact) mass is 294 g/mol. The molecular weight excluding hydrogens is 285 g/mol. The van der Waals surface area contributed by atoms with E-state index in [9.17, 15) is 13.2 Å². The van der Waals surface area contributed by atoms with E-state index in [-0.39, 0.29) is 17.3 Å². The summed E-state index contributed by atoms with van der Waals surface area (Å²) in [4.78, 5) is 0. The summed E-state index contributed by atoms with van der Waals surface area (Å²) in [7, 11) is 0. The maximum Gasteiger partial charge on any atom is 0.299 e. The third-order valence-corrected chi connectivity index (χ3v) is 2.82. The average molecular weight is 294 g/mol. The van der Waals surface area contributed by atoms with Gasteiger partial charge in [0.1, 0.15) is 11.6 Å². The Labute approximate surface area is 117 Å². The van der Waals surface area contributed by atoms with Crippen molar-refractivity contribution in [2.75, 3.05) is 0 Å². The molecule has 2 heterocycles. The van der Waals surface area contributed by atoms with Gasteiger partial charge in [0.25, 0.3) is 6.43 Å². The van der Waals surface area contributed by atoms with Crippen LogP contribution in [-0.4, -0.2) is 19.8 Å². The first-order valence-corrected chi connectivity index (χ1v) is 5.99. The molecule has 0 amide bonds. The predicted molar refractivity (Wildman–Crippen MR) is 67.0 cm³/mol. The number of hydrogen-bond donors (Lipinski definition) is 0. The molecule has 0 saturated carbocycles. The molecule has 0 aliphatic rings. The molecule has 0 aliphatic heterocycles. The third kappa shape index (κ3) is 2.51. The topological polar surface area (TPSA) is 52.3 Å². The standard InChI is InChI=1S/C13H9F3N4O/c1-7-2-3-8(6-9(7)14)21-11-5-4-10-17-18-13(12(15)16)20(10)19-11/h2-6,12H,1H3. The zero-order chi connectivity index (χ0) is 15.0. The van der Waals surface area contributed by atoms with Gasteiger partial charge in [-0.05, 0) is 24.6 Å². The molecule has 0 unspecified atom stereocenters. The fraction of sp³-hybridized carbons (Fsp3) is 0.154. The molecule has 2 aromatic heterocycles. The SMILES string of the molecule is Cc1ccc(Oc2ccc3nnc(C(F)F)n3n2)cc1F. The van der Waals surface area contributed by atoms with Crippen LogP contribution in [0, 0.1) is 12.7 Å². The molecule has 21 heavy (non-hydrogen) atoms. The van der Waals surface area contributed by atoms with Gasteiger partial charge in [0.15, 0.2) is 5.65 Å². The minimum absolute atomic E-state index is 0.0347. The number of benzene rings is 1. The lowest BCUT2D eigenvalue weighted by Gasteiger charge is -2.06. The van der Waals surface area contributed by atoms with Gasteiger partial charge in [0.2, 0.25) is 11.7 Å². The Hall–Kier alpha value is -2.64. The second kappa shape index (κ2) is 5.04. The van der Waals surface area contributed by atoms with Crippen molar-refractivity contribution in [2.45, 2.75) is 13.3 Å². The normalized spacial score (nSPS) is 11.3. The Morgan fingerprint density at radius 2 is 1.95 bits per heavy atom. The predicted octanol–water partition coefficient (Wildman–Crippen LogP) is 3.30. The van der Waals surface area contributed by atoms with Gasteiger partial charge in [-0.2, -0.15) is 4.52 Å². The summed E-state index contributed by atoms with van der Waals surface area (Å²) in [6.07, 6.45) is -2.81. The largest absolute Gasteiger partial charge is 0.437 e. The van der Waals surface area contributed by atoms with E-state index in [1.165, 1.54) is 18.2 Å². The van der Waals surface area contributed by atoms with Crippen molar-refractivity contribution >= 4 is 5.65 Å². The Balaban J connectivity index is 1.96. The van der Waals surface area contributed by atoms with Crippen molar-refractivity contribution in [2.24, 2.45) is 0 Å². The molecule has 0 aliphatic carbocycles. The summed E-state index contributed by atoms with van der Waals surface area (Å²) < 4.78 is 45.1. The highest BCUT2D eigenvalue weighted by Gasteiger charge is 2.17. The van der Waals surface area contributed by atoms with Gasteiger partial charge >= 0.3 is 0 Å². The summed E-state index contributed by atoms with van der Waals surface area (Å²) in [6.45, 7) is 1.62. The van der Waals surface area contributed by atoms with E-state index < -0.39 is 18.1 Å². The second-order valence-corrected chi connectivity index (χ2v) is 4.31. The van der Waals surface area contributed by atoms with Crippen LogP contribution in [0.1, 0.15) is 17.8 Å². The molecule has 8 heteroatoms. The minimum atomic E-state index is -2.81. The molecule has 3 aromatic rings. The molecule has 5 nitrogen and oxygen atoms in total. The van der Waals surface area contributed by atoms with E-state index in [0.717, 1.165) is 4.52 Å². The number of aromatic nitrogens is 4. The van der Waals surface area contributed by atoms with Crippen LogP contribution in [0.4, 0.5) is 13.2 Å². The highest BCUT2D eigenvalue weighted by Crippen LogP contribution is 2.23. The molecule has 0 N–H and O–H groups in total. The van der Waals surface area contributed by atoms with Crippen molar-refractivity contribution in [3.63, 3.8) is 0 Å². The highest BCUT2D eigenvalue weighted by molar-refractivity contribution is 5.39. The quantitative estimate of drug-likeness (QED) is 0.743. The number of ether oxygens (including phenoxy) is 1. The van der Waals surface area contributed by atoms with Crippen LogP contribution in [0.2, 0.25) is 0 Å². The maximum atomic E-state index is 13.4. The number of aryl methyl sites for hydroxylation is 1. The lowest BCUT2D eigenvalue weighted by Crippen LogP contribution is -2.01. The van der Waals surface area contributed by atoms with Crippen molar-refractivity contribution in [3.05, 3.63) is 47.5 Å². The number of rotatable bonds is 3. The minimum Gasteiger partial charge on any atom is -0.437 e. The molecule has 1 aromatic carbocycles. The average Bonchev–Trinajstić information content (AvgIpc) is 2.86. The van der Waals surface area contributed by atoms with Gasteiger partial charge in [-0.1, -0.05) is 6.07 Å². The van der Waals surface area contributed by atoms with Crippen LogP contribution in [0.3, 0.4) is 0 Å². The first-order valence-electron chi connectivity index (χ1n) is 5.99. The highest BCUT2D eigenvalue weighted by atomic mass is 19.3. The molecule has 0 radical (unpaired) electrons. The van der Waals surface area contributed by atoms with Gasteiger partial charge in [0.05, 0.1) is 0 Å². The van der Waals surface area contributed by atoms with Crippen molar-refractivity contribution in [1.82, 2.24) is 19.8 Å². The summed E-state index contributed by atoms with van der Waals surface area (Å²) in [6, 6.07) is 7.18. The van der Waals surface area contributed by atoms with Gasteiger partial charge in [-0.25, -0.2) is 13.2 Å². The van der Waals surface area contributed by atoms with Gasteiger partial charge in [0, 0.05) is 12.1 Å². The zero-order valence-corrected chi connectivity index (χ0v) is 10.8. The molecule has 108 valence electrons. The third-order valence-electron chi connectivity index (χ3n) is 2.82. The van der Waals surface area contributed by atoms with Crippen LogP contribution < -0.4 is 4.74 Å². The molecule has 3 rings (SSSR count). The maximum absolute atomic E-state index is 13.4. The van der Waals surface area contributed by atoms with Gasteiger partial charge in [-0.15, -0.1) is 15.3 Å². The number of nitrogens with zero attached hydrogens (tertiary/aromatic N) is 4. The van der Waals surface area contributed by atoms with Crippen LogP contribution in [-0.2, 0) is 0 Å². The molecule has 0 bridgehead atoms. The molecule has 0 spiro atoms. The van der Waals surface area contributed by atoms with Crippen LogP contribution in [0.25, 0.3) is 5.65 Å². The fourth-order valence-corrected chi connectivity index (χ4v) is 1.74. The summed E-state index contributed by atoms with van der Waals surface area (Å²) in [5, 5.41) is 10.8. The first-order chi connectivity index (χ1) is 10.0. The Kier molecular flexibility index (Phi) is 3.20. The Morgan fingerprint density at radius 3 is 2.67 bits per heavy atom. The fourth-order valence-electron chi connectivity index (χ4n) is 1.74. The number of alkyl halides is 2. The number of fused-ring (bicyclic) bond motifs is 1. The van der Waals surface area contributed by atoms with Crippen LogP contribution in [0.5, 0.6) is 11.6 Å². The lowest BCUT2D eigenvalue weighted by molar-refractivity contribution is 0.137. The smallest absolute Gasteiger partial charge is 0.299 e. The zero-order valence-electron chi connectivity index (χ0n) is 10.8. The summed E-state index contributed by atoms with van der Waals surface area (Å²) in [5.41, 5.74) is 0.650. The van der Waals surface area contributed by atoms with E-state index in [4.69, 9.17) is 4.74 Å². The van der Waals surface area contributed by atoms with E-state index in [2.05, 4.69) is 15.3 Å². The van der Waals surface area contributed by atoms with E-state index in [0.29, 0.717) is 5.56 Å². The van der Waals surface area contributed by atoms with Gasteiger partial charge < -0.3 is 4.74 Å². The Bertz CT molecular complexity index is 803. The van der Waals surface area contributed by atoms with Gasteiger partial charge in [-0.3, -0.25) is 0 Å². The second-order valence-electron chi connectivity index (χ2n) is 4.31. The van der Waals surface area contributed by atoms with E-state index >= 15 is 0 Å². The Morgan fingerprint density at radius 1 is 1.14 bits per heavy atom. The molecule has 0 fully saturated rings. The molecular formula is C13H9F3N4O. The molecule has 0 atom stereocenters. The lowest BCUT2D eigenvalue weighted by atomic mass is 10.2. The van der Waals surface area contributed by atoms with Crippen LogP contribution >= 0.6 is 0 Å². The van der Waals surface area contributed by atoms with Crippen molar-refractivity contribution in [3.8, 4) is 11.6 Å². The van der Waals surface area contributed by atoms with Crippen molar-refractivity contribution < 1.29 is 17.9 Å². The summed E-state index contributed by atoms with van der Waals surface area (Å²) in [5.74, 6) is -0.749. The van der Waals surface area contributed by atoms with Crippen molar-refractivity contribution in [1.29, 1.82) is 0 Å². The summed E-state index contributed by atoms with van der Waals surface area (Å²) >= 11 is 0. The first kappa shape index (κ1) is 13.3. The van der Waals surface area contributed by atoms with E-state index in [1.54, 1.807) is 19.1 Å². The number of hydrogen-bond acceptors (Lipinski definition) is 4.